The average Bonchev–Trinajstić information content (AvgIpc) is 3.03. The van der Waals surface area contributed by atoms with E-state index in [0.29, 0.717) is 60.0 Å². The molecule has 0 radical (unpaired) electrons. The number of morpholine rings is 1. The minimum Gasteiger partial charge on any atom is -0.378 e. The number of nitrogens with zero attached hydrogens (tertiary/aromatic N) is 6. The van der Waals surface area contributed by atoms with Gasteiger partial charge in [0.1, 0.15) is 17.8 Å². The molecule has 0 saturated carbocycles. The van der Waals surface area contributed by atoms with E-state index in [1.54, 1.807) is 41.0 Å². The number of aryl methyl sites for hydroxylation is 1. The van der Waals surface area contributed by atoms with Gasteiger partial charge in [0.2, 0.25) is 0 Å². The van der Waals surface area contributed by atoms with Crippen LogP contribution in [0.1, 0.15) is 42.3 Å². The first-order valence-electron chi connectivity index (χ1n) is 14.8. The standard InChI is InChI=1S/C34H35N7O4/c1-21-24(7-6-8-29(21)41-20-36-26-17-23(34(2,3)4)10-11-25(26)32(41)43)27-18-28(33(44)39(5)38-27)37-30-12-9-22(19-35-30)31(42)40-13-15-45-16-14-40/h6-12,17-20H,13-16H2,1-5H3,(H,35,37). The van der Waals surface area contributed by atoms with Crippen molar-refractivity contribution in [3.8, 4) is 16.9 Å². The van der Waals surface area contributed by atoms with Crippen LogP contribution in [0.2, 0.25) is 0 Å². The molecule has 4 heterocycles. The lowest BCUT2D eigenvalue weighted by atomic mass is 9.86. The Labute approximate surface area is 260 Å². The van der Waals surface area contributed by atoms with Gasteiger partial charge in [-0.05, 0) is 59.9 Å². The van der Waals surface area contributed by atoms with Gasteiger partial charge in [0, 0.05) is 31.9 Å². The van der Waals surface area contributed by atoms with E-state index in [4.69, 9.17) is 4.74 Å². The maximum atomic E-state index is 13.6. The fourth-order valence-corrected chi connectivity index (χ4v) is 5.43. The number of carbonyl (C=O) groups is 1. The third-order valence-corrected chi connectivity index (χ3v) is 8.10. The monoisotopic (exact) mass is 605 g/mol. The van der Waals surface area contributed by atoms with Crippen LogP contribution >= 0.6 is 0 Å². The quantitative estimate of drug-likeness (QED) is 0.313. The van der Waals surface area contributed by atoms with Crippen molar-refractivity contribution in [1.29, 1.82) is 0 Å². The number of benzene rings is 2. The van der Waals surface area contributed by atoms with Crippen molar-refractivity contribution < 1.29 is 9.53 Å². The van der Waals surface area contributed by atoms with E-state index >= 15 is 0 Å². The van der Waals surface area contributed by atoms with Gasteiger partial charge in [-0.2, -0.15) is 5.10 Å². The molecule has 11 nitrogen and oxygen atoms in total. The second kappa shape index (κ2) is 11.7. The van der Waals surface area contributed by atoms with Crippen LogP contribution in [-0.4, -0.2) is 61.4 Å². The average molecular weight is 606 g/mol. The number of pyridine rings is 1. The first-order valence-corrected chi connectivity index (χ1v) is 14.8. The topological polar surface area (TPSA) is 124 Å². The molecular formula is C34H35N7O4. The Kier molecular flexibility index (Phi) is 7.80. The molecule has 5 aromatic rings. The second-order valence-corrected chi connectivity index (χ2v) is 12.2. The molecule has 2 aromatic carbocycles. The minimum atomic E-state index is -0.340. The van der Waals surface area contributed by atoms with Crippen LogP contribution < -0.4 is 16.4 Å². The van der Waals surface area contributed by atoms with Crippen LogP contribution in [0.3, 0.4) is 0 Å². The van der Waals surface area contributed by atoms with Crippen LogP contribution in [0.5, 0.6) is 0 Å². The summed E-state index contributed by atoms with van der Waals surface area (Å²) in [6.07, 6.45) is 3.06. The molecular weight excluding hydrogens is 570 g/mol. The summed E-state index contributed by atoms with van der Waals surface area (Å²) < 4.78 is 8.13. The molecule has 1 aliphatic rings. The maximum Gasteiger partial charge on any atom is 0.290 e. The van der Waals surface area contributed by atoms with E-state index in [-0.39, 0.29) is 28.1 Å². The van der Waals surface area contributed by atoms with Crippen LogP contribution in [0, 0.1) is 6.92 Å². The molecule has 0 bridgehead atoms. The Morgan fingerprint density at radius 2 is 1.73 bits per heavy atom. The van der Waals surface area contributed by atoms with Crippen molar-refractivity contribution in [3.05, 3.63) is 105 Å². The highest BCUT2D eigenvalue weighted by atomic mass is 16.5. The van der Waals surface area contributed by atoms with Crippen molar-refractivity contribution in [1.82, 2.24) is 29.2 Å². The van der Waals surface area contributed by atoms with Crippen molar-refractivity contribution in [2.45, 2.75) is 33.1 Å². The summed E-state index contributed by atoms with van der Waals surface area (Å²) in [7, 11) is 1.58. The predicted molar refractivity (Wildman–Crippen MR) is 173 cm³/mol. The summed E-state index contributed by atoms with van der Waals surface area (Å²) in [4.78, 5) is 50.2. The second-order valence-electron chi connectivity index (χ2n) is 12.2. The van der Waals surface area contributed by atoms with Crippen LogP contribution in [-0.2, 0) is 17.2 Å². The molecule has 1 saturated heterocycles. The Morgan fingerprint density at radius 3 is 2.44 bits per heavy atom. The minimum absolute atomic E-state index is 0.0618. The number of anilines is 2. The first-order chi connectivity index (χ1) is 21.5. The molecule has 0 aliphatic carbocycles. The largest absolute Gasteiger partial charge is 0.378 e. The highest BCUT2D eigenvalue weighted by Gasteiger charge is 2.20. The van der Waals surface area contributed by atoms with Gasteiger partial charge < -0.3 is 15.0 Å². The molecule has 45 heavy (non-hydrogen) atoms. The first kappa shape index (κ1) is 29.9. The molecule has 1 amide bonds. The number of ether oxygens (including phenoxy) is 1. The van der Waals surface area contributed by atoms with Gasteiger partial charge in [-0.15, -0.1) is 0 Å². The Balaban J connectivity index is 1.31. The maximum absolute atomic E-state index is 13.6. The van der Waals surface area contributed by atoms with E-state index in [1.807, 2.05) is 43.3 Å². The Morgan fingerprint density at radius 1 is 0.956 bits per heavy atom. The number of rotatable bonds is 5. The number of amides is 1. The SMILES string of the molecule is Cc1c(-c2cc(Nc3ccc(C(=O)N4CCOCC4)cn3)c(=O)n(C)n2)cccc1-n1cnc2cc(C(C)(C)C)ccc2c1=O. The Hall–Kier alpha value is -5.16. The van der Waals surface area contributed by atoms with Gasteiger partial charge in [0.25, 0.3) is 17.0 Å². The molecule has 3 aromatic heterocycles. The van der Waals surface area contributed by atoms with Gasteiger partial charge >= 0.3 is 0 Å². The normalized spacial score (nSPS) is 13.7. The number of fused-ring (bicyclic) bond motifs is 1. The highest BCUT2D eigenvalue weighted by molar-refractivity contribution is 5.94. The van der Waals surface area contributed by atoms with Crippen molar-refractivity contribution >= 4 is 28.3 Å². The summed E-state index contributed by atoms with van der Waals surface area (Å²) in [5.41, 5.74) is 4.68. The number of carbonyl (C=O) groups excluding carboxylic acids is 1. The van der Waals surface area contributed by atoms with E-state index in [0.717, 1.165) is 16.7 Å². The fraction of sp³-hybridized carbons (Fsp3) is 0.294. The summed E-state index contributed by atoms with van der Waals surface area (Å²) in [6.45, 7) is 10.4. The molecule has 11 heteroatoms. The number of hydrogen-bond donors (Lipinski definition) is 1. The molecule has 0 atom stereocenters. The number of aromatic nitrogens is 5. The van der Waals surface area contributed by atoms with Crippen LogP contribution in [0.25, 0.3) is 27.8 Å². The van der Waals surface area contributed by atoms with Crippen molar-refractivity contribution in [2.24, 2.45) is 7.05 Å². The molecule has 0 unspecified atom stereocenters. The fourth-order valence-electron chi connectivity index (χ4n) is 5.43. The predicted octanol–water partition coefficient (Wildman–Crippen LogP) is 4.36. The molecule has 0 spiro atoms. The van der Waals surface area contributed by atoms with Crippen molar-refractivity contribution in [2.75, 3.05) is 31.6 Å². The third-order valence-electron chi connectivity index (χ3n) is 8.10. The van der Waals surface area contributed by atoms with Gasteiger partial charge in [0.05, 0.1) is 41.1 Å². The van der Waals surface area contributed by atoms with Gasteiger partial charge in [-0.1, -0.05) is 39.0 Å². The number of nitrogens with one attached hydrogen (secondary N) is 1. The lowest BCUT2D eigenvalue weighted by Crippen LogP contribution is -2.40. The molecule has 1 N–H and O–H groups in total. The highest BCUT2D eigenvalue weighted by Crippen LogP contribution is 2.28. The molecule has 230 valence electrons. The lowest BCUT2D eigenvalue weighted by molar-refractivity contribution is 0.0302. The van der Waals surface area contributed by atoms with E-state index < -0.39 is 0 Å². The zero-order valence-corrected chi connectivity index (χ0v) is 26.0. The molecule has 1 aliphatic heterocycles. The van der Waals surface area contributed by atoms with Gasteiger partial charge in [-0.25, -0.2) is 14.6 Å². The van der Waals surface area contributed by atoms with E-state index in [2.05, 4.69) is 41.2 Å². The van der Waals surface area contributed by atoms with E-state index in [1.165, 1.54) is 10.9 Å². The Bertz CT molecular complexity index is 2040. The van der Waals surface area contributed by atoms with Crippen molar-refractivity contribution in [3.63, 3.8) is 0 Å². The summed E-state index contributed by atoms with van der Waals surface area (Å²) in [5, 5.41) is 8.13. The summed E-state index contributed by atoms with van der Waals surface area (Å²) in [5.74, 6) is 0.307. The summed E-state index contributed by atoms with van der Waals surface area (Å²) >= 11 is 0. The third kappa shape index (κ3) is 5.86. The number of hydrogen-bond acceptors (Lipinski definition) is 8. The van der Waals surface area contributed by atoms with E-state index in [9.17, 15) is 14.4 Å². The van der Waals surface area contributed by atoms with Gasteiger partial charge in [-0.3, -0.25) is 19.0 Å². The molecule has 6 rings (SSSR count). The van der Waals surface area contributed by atoms with Gasteiger partial charge in [0.15, 0.2) is 0 Å². The lowest BCUT2D eigenvalue weighted by Gasteiger charge is -2.26. The zero-order chi connectivity index (χ0) is 31.9. The molecule has 1 fully saturated rings. The zero-order valence-electron chi connectivity index (χ0n) is 26.0. The summed E-state index contributed by atoms with van der Waals surface area (Å²) in [6, 6.07) is 16.4. The van der Waals surface area contributed by atoms with Crippen LogP contribution in [0.4, 0.5) is 11.5 Å². The smallest absolute Gasteiger partial charge is 0.290 e. The van der Waals surface area contributed by atoms with Crippen LogP contribution in [0.15, 0.2) is 76.7 Å².